The maximum Gasteiger partial charge on any atom is 0.180 e. The van der Waals surface area contributed by atoms with E-state index in [-0.39, 0.29) is 5.78 Å². The van der Waals surface area contributed by atoms with E-state index in [1.54, 1.807) is 12.3 Å². The summed E-state index contributed by atoms with van der Waals surface area (Å²) in [4.78, 5) is 17.7. The van der Waals surface area contributed by atoms with Crippen LogP contribution in [0.1, 0.15) is 35.4 Å². The molecule has 0 aliphatic carbocycles. The van der Waals surface area contributed by atoms with Crippen molar-refractivity contribution in [3.8, 4) is 0 Å². The Morgan fingerprint density at radius 3 is 2.63 bits per heavy atom. The largest absolute Gasteiger partial charge is 0.464 e. The van der Waals surface area contributed by atoms with E-state index in [4.69, 9.17) is 4.42 Å². The van der Waals surface area contributed by atoms with E-state index >= 15 is 0 Å². The van der Waals surface area contributed by atoms with E-state index in [0.717, 1.165) is 17.2 Å². The number of carbonyl (C=O) groups is 1. The van der Waals surface area contributed by atoms with Gasteiger partial charge in [-0.1, -0.05) is 6.92 Å². The van der Waals surface area contributed by atoms with Crippen molar-refractivity contribution in [1.29, 1.82) is 0 Å². The minimum Gasteiger partial charge on any atom is -0.464 e. The number of Topliss-reactive ketones (excluding diaryl/α,β-unsaturated/α-hetero) is 1. The molecule has 2 aromatic rings. The summed E-state index contributed by atoms with van der Waals surface area (Å²) in [6, 6.07) is 7.59. The van der Waals surface area contributed by atoms with Crippen molar-refractivity contribution in [2.24, 2.45) is 0 Å². The van der Waals surface area contributed by atoms with Gasteiger partial charge in [0, 0.05) is 13.5 Å². The molecule has 0 saturated heterocycles. The highest BCUT2D eigenvalue weighted by atomic mass is 16.3. The maximum absolute atomic E-state index is 11.5. The lowest BCUT2D eigenvalue weighted by atomic mass is 10.2. The topological polar surface area (TPSA) is 46.3 Å². The van der Waals surface area contributed by atoms with Gasteiger partial charge in [0.15, 0.2) is 5.78 Å². The Labute approximate surface area is 113 Å². The Hall–Kier alpha value is -2.10. The summed E-state index contributed by atoms with van der Waals surface area (Å²) in [5.41, 5.74) is 1.48. The fraction of sp³-hybridized carbons (Fsp3) is 0.333. The molecule has 0 N–H and O–H groups in total. The molecule has 0 aromatic carbocycles. The number of hydrogen-bond acceptors (Lipinski definition) is 4. The first-order valence-electron chi connectivity index (χ1n) is 6.36. The van der Waals surface area contributed by atoms with Crippen molar-refractivity contribution >= 4 is 11.5 Å². The number of anilines is 1. The molecule has 4 nitrogen and oxygen atoms in total. The van der Waals surface area contributed by atoms with Crippen LogP contribution in [0.15, 0.2) is 34.9 Å². The smallest absolute Gasteiger partial charge is 0.180 e. The molecule has 0 spiro atoms. The number of rotatable bonds is 5. The Morgan fingerprint density at radius 1 is 1.32 bits per heavy atom. The van der Waals surface area contributed by atoms with Crippen LogP contribution in [0.2, 0.25) is 0 Å². The lowest BCUT2D eigenvalue weighted by molar-refractivity contribution is 0.0983. The summed E-state index contributed by atoms with van der Waals surface area (Å²) in [7, 11) is 1.97. The molecule has 2 rings (SSSR count). The van der Waals surface area contributed by atoms with Crippen LogP contribution in [0.25, 0.3) is 0 Å². The zero-order valence-electron chi connectivity index (χ0n) is 11.5. The Balaban J connectivity index is 2.07. The molecule has 0 aliphatic heterocycles. The fourth-order valence-electron chi connectivity index (χ4n) is 1.85. The number of hydrogen-bond donors (Lipinski definition) is 0. The SMILES string of the molecule is CCC(=O)c1ccc(N(C)Cc2ccc(C)o2)cn1. The quantitative estimate of drug-likeness (QED) is 0.772. The second-order valence-electron chi connectivity index (χ2n) is 4.55. The van der Waals surface area contributed by atoms with E-state index in [1.165, 1.54) is 0 Å². The molecular formula is C15H18N2O2. The van der Waals surface area contributed by atoms with Gasteiger partial charge in [0.1, 0.15) is 17.2 Å². The van der Waals surface area contributed by atoms with Crippen molar-refractivity contribution in [1.82, 2.24) is 4.98 Å². The first kappa shape index (κ1) is 13.3. The summed E-state index contributed by atoms with van der Waals surface area (Å²) >= 11 is 0. The standard InChI is InChI=1S/C15H18N2O2/c1-4-15(18)14-8-6-12(9-16-14)17(3)10-13-7-5-11(2)19-13/h5-9H,4,10H2,1-3H3. The third kappa shape index (κ3) is 3.22. The van der Waals surface area contributed by atoms with Crippen molar-refractivity contribution in [3.63, 3.8) is 0 Å². The third-order valence-corrected chi connectivity index (χ3v) is 2.98. The lowest BCUT2D eigenvalue weighted by Gasteiger charge is -2.17. The first-order chi connectivity index (χ1) is 9.10. The van der Waals surface area contributed by atoms with E-state index < -0.39 is 0 Å². The first-order valence-corrected chi connectivity index (χ1v) is 6.36. The van der Waals surface area contributed by atoms with Gasteiger partial charge in [-0.3, -0.25) is 9.78 Å². The van der Waals surface area contributed by atoms with Gasteiger partial charge >= 0.3 is 0 Å². The van der Waals surface area contributed by atoms with E-state index in [9.17, 15) is 4.79 Å². The summed E-state index contributed by atoms with van der Waals surface area (Å²) in [6.07, 6.45) is 2.20. The molecule has 100 valence electrons. The molecular weight excluding hydrogens is 240 g/mol. The Bertz CT molecular complexity index is 558. The third-order valence-electron chi connectivity index (χ3n) is 2.98. The zero-order valence-corrected chi connectivity index (χ0v) is 11.5. The van der Waals surface area contributed by atoms with Crippen LogP contribution in [-0.4, -0.2) is 17.8 Å². The molecule has 0 saturated carbocycles. The van der Waals surface area contributed by atoms with Gasteiger partial charge < -0.3 is 9.32 Å². The normalized spacial score (nSPS) is 10.5. The lowest BCUT2D eigenvalue weighted by Crippen LogP contribution is -2.16. The van der Waals surface area contributed by atoms with Crippen molar-refractivity contribution in [2.75, 3.05) is 11.9 Å². The van der Waals surface area contributed by atoms with Crippen molar-refractivity contribution in [2.45, 2.75) is 26.8 Å². The highest BCUT2D eigenvalue weighted by Crippen LogP contribution is 2.16. The van der Waals surface area contributed by atoms with Gasteiger partial charge in [-0.15, -0.1) is 0 Å². The highest BCUT2D eigenvalue weighted by Gasteiger charge is 2.08. The minimum atomic E-state index is 0.0656. The number of carbonyl (C=O) groups excluding carboxylic acids is 1. The molecule has 2 aromatic heterocycles. The summed E-state index contributed by atoms with van der Waals surface area (Å²) in [6.45, 7) is 4.44. The highest BCUT2D eigenvalue weighted by molar-refractivity contribution is 5.94. The number of aryl methyl sites for hydroxylation is 1. The van der Waals surface area contributed by atoms with Gasteiger partial charge in [-0.25, -0.2) is 0 Å². The molecule has 0 amide bonds. The van der Waals surface area contributed by atoms with Crippen molar-refractivity contribution < 1.29 is 9.21 Å². The minimum absolute atomic E-state index is 0.0656. The van der Waals surface area contributed by atoms with Gasteiger partial charge in [0.2, 0.25) is 0 Å². The molecule has 0 radical (unpaired) electrons. The molecule has 19 heavy (non-hydrogen) atoms. The van der Waals surface area contributed by atoms with E-state index in [0.29, 0.717) is 18.7 Å². The average Bonchev–Trinajstić information content (AvgIpc) is 2.83. The number of pyridine rings is 1. The summed E-state index contributed by atoms with van der Waals surface area (Å²) < 4.78 is 5.54. The zero-order chi connectivity index (χ0) is 13.8. The molecule has 4 heteroatoms. The molecule has 0 fully saturated rings. The van der Waals surface area contributed by atoms with Crippen LogP contribution in [0.3, 0.4) is 0 Å². The predicted octanol–water partition coefficient (Wildman–Crippen LogP) is 3.21. The van der Waals surface area contributed by atoms with Crippen LogP contribution in [-0.2, 0) is 6.54 Å². The molecule has 0 unspecified atom stereocenters. The van der Waals surface area contributed by atoms with E-state index in [1.807, 2.05) is 44.0 Å². The van der Waals surface area contributed by atoms with Crippen LogP contribution in [0, 0.1) is 6.92 Å². The Morgan fingerprint density at radius 2 is 2.11 bits per heavy atom. The second-order valence-corrected chi connectivity index (χ2v) is 4.55. The van der Waals surface area contributed by atoms with Crippen molar-refractivity contribution in [3.05, 3.63) is 47.7 Å². The molecule has 0 aliphatic rings. The van der Waals surface area contributed by atoms with Gasteiger partial charge in [0.05, 0.1) is 18.4 Å². The van der Waals surface area contributed by atoms with Crippen LogP contribution < -0.4 is 4.90 Å². The summed E-state index contributed by atoms with van der Waals surface area (Å²) in [5.74, 6) is 1.88. The maximum atomic E-state index is 11.5. The molecule has 0 bridgehead atoms. The monoisotopic (exact) mass is 258 g/mol. The number of aromatic nitrogens is 1. The number of nitrogens with zero attached hydrogens (tertiary/aromatic N) is 2. The van der Waals surface area contributed by atoms with Gasteiger partial charge in [-0.05, 0) is 31.2 Å². The number of ketones is 1. The van der Waals surface area contributed by atoms with E-state index in [2.05, 4.69) is 4.98 Å². The van der Waals surface area contributed by atoms with Crippen LogP contribution >= 0.6 is 0 Å². The molecule has 0 atom stereocenters. The van der Waals surface area contributed by atoms with Gasteiger partial charge in [-0.2, -0.15) is 0 Å². The fourth-order valence-corrected chi connectivity index (χ4v) is 1.85. The predicted molar refractivity (Wildman–Crippen MR) is 74.4 cm³/mol. The average molecular weight is 258 g/mol. The second kappa shape index (κ2) is 5.69. The summed E-state index contributed by atoms with van der Waals surface area (Å²) in [5, 5.41) is 0. The van der Waals surface area contributed by atoms with Gasteiger partial charge in [0.25, 0.3) is 0 Å². The number of furan rings is 1. The van der Waals surface area contributed by atoms with Crippen LogP contribution in [0.5, 0.6) is 0 Å². The molecule has 2 heterocycles. The van der Waals surface area contributed by atoms with Crippen LogP contribution in [0.4, 0.5) is 5.69 Å². The Kier molecular flexibility index (Phi) is 4.00.